The number of rotatable bonds is 5. The van der Waals surface area contributed by atoms with Gasteiger partial charge in [-0.05, 0) is 37.9 Å². The minimum Gasteiger partial charge on any atom is -0.406 e. The second-order valence-electron chi connectivity index (χ2n) is 11.6. The Hall–Kier alpha value is -1.80. The van der Waals surface area contributed by atoms with Crippen LogP contribution in [0.15, 0.2) is 20.8 Å². The molecule has 2 fully saturated rings. The van der Waals surface area contributed by atoms with Crippen molar-refractivity contribution in [2.45, 2.75) is 82.7 Å². The van der Waals surface area contributed by atoms with Crippen LogP contribution in [0, 0.1) is 6.92 Å². The molecule has 3 aliphatic rings. The maximum absolute atomic E-state index is 13.3. The number of aromatic nitrogens is 2. The number of aliphatic imine (C=N–C) groups is 1. The third kappa shape index (κ3) is 4.42. The molecule has 0 spiro atoms. The molecule has 4 rings (SSSR count). The van der Waals surface area contributed by atoms with E-state index >= 15 is 0 Å². The van der Waals surface area contributed by atoms with E-state index in [9.17, 15) is 18.0 Å². The SMILES string of the molecule is Cc1cn([C@@H]2O[C@@H]3CN=C(N4CCCC4)[C@]3(OS(C)(=O)=O)[C@H]2O[Si](C)(C)C(C)(C)C)c(=O)n(C)c1=O. The monoisotopic (exact) mass is 542 g/mol. The molecule has 0 bridgehead atoms. The van der Waals surface area contributed by atoms with Crippen LogP contribution in [-0.4, -0.2) is 80.3 Å². The number of ether oxygens (including phenoxy) is 1. The Kier molecular flexibility index (Phi) is 6.73. The summed E-state index contributed by atoms with van der Waals surface area (Å²) in [5.74, 6) is 0.497. The molecule has 13 heteroatoms. The number of hydrogen-bond donors (Lipinski definition) is 0. The van der Waals surface area contributed by atoms with Gasteiger partial charge in [0.1, 0.15) is 18.0 Å². The van der Waals surface area contributed by atoms with Crippen molar-refractivity contribution in [3.05, 3.63) is 32.6 Å². The maximum Gasteiger partial charge on any atom is 0.332 e. The molecular weight excluding hydrogens is 504 g/mol. The second kappa shape index (κ2) is 8.90. The van der Waals surface area contributed by atoms with Crippen LogP contribution in [0.4, 0.5) is 0 Å². The molecule has 0 N–H and O–H groups in total. The third-order valence-corrected chi connectivity index (χ3v) is 12.9. The van der Waals surface area contributed by atoms with Gasteiger partial charge in [0.25, 0.3) is 15.7 Å². The molecule has 202 valence electrons. The first-order chi connectivity index (χ1) is 16.5. The standard InChI is InChI=1S/C23H38N4O7SSi/c1-15-14-27(21(29)25(5)18(15)28)19-17(33-36(7,8)22(2,3)4)23(34-35(6,30)31)16(32-19)13-24-20(23)26-11-9-10-12-26/h14,16-17,19H,9-13H2,1-8H3/t16-,17+,19-,23-/m1/s1. The van der Waals surface area contributed by atoms with Crippen molar-refractivity contribution >= 4 is 24.3 Å². The van der Waals surface area contributed by atoms with Gasteiger partial charge >= 0.3 is 5.69 Å². The molecule has 0 aliphatic carbocycles. The normalized spacial score (nSPS) is 29.1. The Morgan fingerprint density at radius 1 is 1.19 bits per heavy atom. The fraction of sp³-hybridized carbons (Fsp3) is 0.783. The van der Waals surface area contributed by atoms with Crippen LogP contribution in [0.1, 0.15) is 45.4 Å². The van der Waals surface area contributed by atoms with Crippen LogP contribution in [0.25, 0.3) is 0 Å². The van der Waals surface area contributed by atoms with Gasteiger partial charge in [0.15, 0.2) is 14.5 Å². The van der Waals surface area contributed by atoms with Gasteiger partial charge in [0.2, 0.25) is 5.60 Å². The predicted octanol–water partition coefficient (Wildman–Crippen LogP) is 1.37. The number of amidine groups is 1. The van der Waals surface area contributed by atoms with Gasteiger partial charge in [0.05, 0.1) is 12.8 Å². The van der Waals surface area contributed by atoms with Crippen molar-refractivity contribution in [2.24, 2.45) is 12.0 Å². The number of hydrogen-bond acceptors (Lipinski definition) is 9. The summed E-state index contributed by atoms with van der Waals surface area (Å²) in [6.45, 7) is 13.6. The van der Waals surface area contributed by atoms with Crippen LogP contribution in [0.5, 0.6) is 0 Å². The first-order valence-electron chi connectivity index (χ1n) is 12.3. The Bertz CT molecular complexity index is 1290. The lowest BCUT2D eigenvalue weighted by Crippen LogP contribution is -2.63. The highest BCUT2D eigenvalue weighted by molar-refractivity contribution is 7.86. The van der Waals surface area contributed by atoms with Crippen LogP contribution < -0.4 is 11.2 Å². The van der Waals surface area contributed by atoms with Gasteiger partial charge in [-0.1, -0.05) is 20.8 Å². The molecule has 0 aromatic carbocycles. The minimum atomic E-state index is -3.99. The second-order valence-corrected chi connectivity index (χ2v) is 18.0. The highest BCUT2D eigenvalue weighted by Gasteiger charge is 2.68. The first-order valence-corrected chi connectivity index (χ1v) is 17.0. The van der Waals surface area contributed by atoms with Gasteiger partial charge in [-0.2, -0.15) is 8.42 Å². The zero-order valence-corrected chi connectivity index (χ0v) is 24.2. The Morgan fingerprint density at radius 2 is 1.81 bits per heavy atom. The summed E-state index contributed by atoms with van der Waals surface area (Å²) in [5.41, 5.74) is -2.18. The average molecular weight is 543 g/mol. The summed E-state index contributed by atoms with van der Waals surface area (Å²) >= 11 is 0. The van der Waals surface area contributed by atoms with Crippen molar-refractivity contribution in [3.8, 4) is 0 Å². The molecule has 4 heterocycles. The fourth-order valence-electron chi connectivity index (χ4n) is 5.02. The molecule has 11 nitrogen and oxygen atoms in total. The number of aryl methyl sites for hydroxylation is 1. The zero-order chi connectivity index (χ0) is 26.8. The topological polar surface area (TPSA) is 121 Å². The molecule has 4 atom stereocenters. The van der Waals surface area contributed by atoms with Gasteiger partial charge in [-0.3, -0.25) is 18.9 Å². The van der Waals surface area contributed by atoms with E-state index in [4.69, 9.17) is 18.3 Å². The Labute approximate surface area is 213 Å². The highest BCUT2D eigenvalue weighted by Crippen LogP contribution is 2.50. The molecule has 1 aromatic heterocycles. The summed E-state index contributed by atoms with van der Waals surface area (Å²) in [4.78, 5) is 32.5. The van der Waals surface area contributed by atoms with Crippen LogP contribution >= 0.6 is 0 Å². The molecular formula is C23H38N4O7SSi. The molecule has 0 unspecified atom stereocenters. The van der Waals surface area contributed by atoms with E-state index < -0.39 is 53.7 Å². The van der Waals surface area contributed by atoms with Gasteiger partial charge in [-0.25, -0.2) is 8.98 Å². The van der Waals surface area contributed by atoms with Crippen LogP contribution in [-0.2, 0) is 30.5 Å². The summed E-state index contributed by atoms with van der Waals surface area (Å²) < 4.78 is 47.2. The molecule has 2 saturated heterocycles. The summed E-state index contributed by atoms with van der Waals surface area (Å²) in [7, 11) is -5.14. The molecule has 36 heavy (non-hydrogen) atoms. The predicted molar refractivity (Wildman–Crippen MR) is 138 cm³/mol. The number of likely N-dealkylation sites (tertiary alicyclic amines) is 1. The lowest BCUT2D eigenvalue weighted by molar-refractivity contribution is -0.0343. The van der Waals surface area contributed by atoms with Gasteiger partial charge in [0, 0.05) is 31.9 Å². The molecule has 0 amide bonds. The van der Waals surface area contributed by atoms with Crippen molar-refractivity contribution < 1.29 is 21.8 Å². The van der Waals surface area contributed by atoms with E-state index in [0.717, 1.165) is 36.8 Å². The van der Waals surface area contributed by atoms with E-state index in [2.05, 4.69) is 33.9 Å². The average Bonchev–Trinajstić information content (AvgIpc) is 3.44. The van der Waals surface area contributed by atoms with E-state index in [1.807, 2.05) is 4.90 Å². The quantitative estimate of drug-likeness (QED) is 0.404. The Balaban J connectivity index is 1.96. The van der Waals surface area contributed by atoms with Crippen molar-refractivity contribution in [2.75, 3.05) is 25.9 Å². The number of fused-ring (bicyclic) bond motifs is 1. The highest BCUT2D eigenvalue weighted by atomic mass is 32.2. The molecule has 0 saturated carbocycles. The maximum atomic E-state index is 13.3. The first kappa shape index (κ1) is 27.2. The van der Waals surface area contributed by atoms with E-state index in [-0.39, 0.29) is 11.6 Å². The summed E-state index contributed by atoms with van der Waals surface area (Å²) in [5, 5.41) is -0.226. The lowest BCUT2D eigenvalue weighted by atomic mass is 9.92. The van der Waals surface area contributed by atoms with Crippen molar-refractivity contribution in [3.63, 3.8) is 0 Å². The van der Waals surface area contributed by atoms with Crippen LogP contribution in [0.2, 0.25) is 18.1 Å². The molecule has 1 aromatic rings. The minimum absolute atomic E-state index is 0.175. The Morgan fingerprint density at radius 3 is 2.36 bits per heavy atom. The molecule has 0 radical (unpaired) electrons. The summed E-state index contributed by atoms with van der Waals surface area (Å²) in [6, 6.07) is 0. The van der Waals surface area contributed by atoms with Gasteiger partial charge < -0.3 is 14.1 Å². The van der Waals surface area contributed by atoms with E-state index in [0.29, 0.717) is 11.4 Å². The largest absolute Gasteiger partial charge is 0.406 e. The molecule has 3 aliphatic heterocycles. The van der Waals surface area contributed by atoms with Gasteiger partial charge in [-0.15, -0.1) is 0 Å². The zero-order valence-electron chi connectivity index (χ0n) is 22.4. The van der Waals surface area contributed by atoms with Crippen molar-refractivity contribution in [1.82, 2.24) is 14.0 Å². The van der Waals surface area contributed by atoms with Crippen LogP contribution in [0.3, 0.4) is 0 Å². The van der Waals surface area contributed by atoms with E-state index in [1.54, 1.807) is 6.92 Å². The summed E-state index contributed by atoms with van der Waals surface area (Å²) in [6.07, 6.45) is 1.59. The number of nitrogens with zero attached hydrogens (tertiary/aromatic N) is 4. The van der Waals surface area contributed by atoms with E-state index in [1.165, 1.54) is 17.8 Å². The fourth-order valence-corrected chi connectivity index (χ4v) is 7.08. The lowest BCUT2D eigenvalue weighted by Gasteiger charge is -2.44. The smallest absolute Gasteiger partial charge is 0.332 e. The third-order valence-electron chi connectivity index (χ3n) is 7.90. The van der Waals surface area contributed by atoms with Crippen molar-refractivity contribution in [1.29, 1.82) is 0 Å².